The summed E-state index contributed by atoms with van der Waals surface area (Å²) in [6, 6.07) is 8.89. The molecule has 0 saturated carbocycles. The fraction of sp³-hybridized carbons (Fsp3) is 0.625. The highest BCUT2D eigenvalue weighted by molar-refractivity contribution is 5.48. The molecule has 3 heteroatoms. The molecule has 0 aliphatic carbocycles. The van der Waals surface area contributed by atoms with Gasteiger partial charge in [0.2, 0.25) is 0 Å². The number of anilines is 1. The Hall–Kier alpha value is -1.06. The molecule has 0 amide bonds. The first-order chi connectivity index (χ1) is 9.33. The summed E-state index contributed by atoms with van der Waals surface area (Å²) in [5, 5.41) is 12.4. The molecule has 0 aromatic heterocycles. The summed E-state index contributed by atoms with van der Waals surface area (Å²) in [7, 11) is 0. The van der Waals surface area contributed by atoms with Gasteiger partial charge < -0.3 is 15.3 Å². The number of rotatable bonds is 6. The fourth-order valence-corrected chi connectivity index (χ4v) is 2.81. The van der Waals surface area contributed by atoms with Gasteiger partial charge in [-0.1, -0.05) is 19.1 Å². The Labute approximate surface area is 116 Å². The van der Waals surface area contributed by atoms with Crippen molar-refractivity contribution in [3.63, 3.8) is 0 Å². The van der Waals surface area contributed by atoms with E-state index in [1.165, 1.54) is 24.1 Å². The Morgan fingerprint density at radius 2 is 2.11 bits per heavy atom. The molecule has 1 atom stereocenters. The highest BCUT2D eigenvalue weighted by Crippen LogP contribution is 2.25. The Morgan fingerprint density at radius 1 is 1.32 bits per heavy atom. The number of piperidine rings is 1. The predicted molar refractivity (Wildman–Crippen MR) is 80.5 cm³/mol. The summed E-state index contributed by atoms with van der Waals surface area (Å²) < 4.78 is 0. The van der Waals surface area contributed by atoms with Gasteiger partial charge in [-0.05, 0) is 49.4 Å². The maximum Gasteiger partial charge on any atom is 0.0434 e. The molecule has 0 spiro atoms. The van der Waals surface area contributed by atoms with Crippen LogP contribution in [0.15, 0.2) is 24.3 Å². The van der Waals surface area contributed by atoms with Gasteiger partial charge >= 0.3 is 0 Å². The van der Waals surface area contributed by atoms with E-state index in [0.29, 0.717) is 12.5 Å². The van der Waals surface area contributed by atoms with Gasteiger partial charge in [-0.2, -0.15) is 0 Å². The lowest BCUT2D eigenvalue weighted by molar-refractivity contribution is 0.244. The maximum absolute atomic E-state index is 9.07. The van der Waals surface area contributed by atoms with Gasteiger partial charge in [-0.3, -0.25) is 0 Å². The minimum atomic E-state index is 0.320. The van der Waals surface area contributed by atoms with Gasteiger partial charge in [0, 0.05) is 31.9 Å². The molecule has 0 bridgehead atoms. The second-order valence-corrected chi connectivity index (χ2v) is 5.41. The number of nitrogens with one attached hydrogen (secondary N) is 1. The molecular formula is C16H26N2O. The van der Waals surface area contributed by atoms with Crippen molar-refractivity contribution in [2.24, 2.45) is 5.92 Å². The first kappa shape index (κ1) is 14.4. The minimum Gasteiger partial charge on any atom is -0.396 e. The van der Waals surface area contributed by atoms with Gasteiger partial charge in [0.15, 0.2) is 0 Å². The first-order valence-electron chi connectivity index (χ1n) is 7.49. The molecular weight excluding hydrogens is 236 g/mol. The monoisotopic (exact) mass is 262 g/mol. The van der Waals surface area contributed by atoms with E-state index >= 15 is 0 Å². The number of aliphatic hydroxyl groups is 1. The molecule has 1 aromatic carbocycles. The van der Waals surface area contributed by atoms with Crippen LogP contribution in [0.2, 0.25) is 0 Å². The summed E-state index contributed by atoms with van der Waals surface area (Å²) in [6.45, 7) is 6.64. The van der Waals surface area contributed by atoms with Gasteiger partial charge in [-0.25, -0.2) is 0 Å². The quantitative estimate of drug-likeness (QED) is 0.826. The minimum absolute atomic E-state index is 0.320. The van der Waals surface area contributed by atoms with E-state index in [1.54, 1.807) is 0 Å². The van der Waals surface area contributed by atoms with Gasteiger partial charge in [0.05, 0.1) is 0 Å². The van der Waals surface area contributed by atoms with Crippen LogP contribution in [0.25, 0.3) is 0 Å². The molecule has 106 valence electrons. The van der Waals surface area contributed by atoms with Crippen LogP contribution in [0.5, 0.6) is 0 Å². The second-order valence-electron chi connectivity index (χ2n) is 5.41. The van der Waals surface area contributed by atoms with Crippen LogP contribution in [0.4, 0.5) is 5.69 Å². The molecule has 0 radical (unpaired) electrons. The lowest BCUT2D eigenvalue weighted by atomic mass is 9.94. The Kier molecular flexibility index (Phi) is 5.67. The van der Waals surface area contributed by atoms with Crippen molar-refractivity contribution in [2.75, 3.05) is 31.1 Å². The third kappa shape index (κ3) is 4.22. The van der Waals surface area contributed by atoms with Crippen LogP contribution < -0.4 is 10.2 Å². The molecule has 1 unspecified atom stereocenters. The molecule has 2 N–H and O–H groups in total. The standard InChI is InChI=1S/C16H26N2O/c1-2-17-12-14-5-7-16(8-6-14)18-10-3-4-15(13-18)9-11-19/h5-8,15,17,19H,2-4,9-13H2,1H3. The lowest BCUT2D eigenvalue weighted by Crippen LogP contribution is -2.35. The number of aliphatic hydroxyl groups excluding tert-OH is 1. The Bertz CT molecular complexity index is 362. The summed E-state index contributed by atoms with van der Waals surface area (Å²) in [4.78, 5) is 2.46. The normalized spacial score (nSPS) is 19.7. The lowest BCUT2D eigenvalue weighted by Gasteiger charge is -2.34. The maximum atomic E-state index is 9.07. The molecule has 2 rings (SSSR count). The van der Waals surface area contributed by atoms with Crippen molar-refractivity contribution in [3.8, 4) is 0 Å². The van der Waals surface area contributed by atoms with Gasteiger partial charge in [-0.15, -0.1) is 0 Å². The average Bonchev–Trinajstić information content (AvgIpc) is 2.46. The number of benzene rings is 1. The second kappa shape index (κ2) is 7.51. The smallest absolute Gasteiger partial charge is 0.0434 e. The molecule has 1 heterocycles. The fourth-order valence-electron chi connectivity index (χ4n) is 2.81. The molecule has 1 aliphatic rings. The molecule has 1 aliphatic heterocycles. The summed E-state index contributed by atoms with van der Waals surface area (Å²) in [5.41, 5.74) is 2.66. The average molecular weight is 262 g/mol. The Balaban J connectivity index is 1.93. The largest absolute Gasteiger partial charge is 0.396 e. The van der Waals surface area contributed by atoms with E-state index in [-0.39, 0.29) is 0 Å². The number of nitrogens with zero attached hydrogens (tertiary/aromatic N) is 1. The van der Waals surface area contributed by atoms with E-state index in [9.17, 15) is 0 Å². The van der Waals surface area contributed by atoms with Crippen molar-refractivity contribution in [1.82, 2.24) is 5.32 Å². The van der Waals surface area contributed by atoms with Crippen molar-refractivity contribution in [2.45, 2.75) is 32.7 Å². The molecule has 19 heavy (non-hydrogen) atoms. The zero-order valence-corrected chi connectivity index (χ0v) is 11.9. The van der Waals surface area contributed by atoms with E-state index in [4.69, 9.17) is 5.11 Å². The third-order valence-electron chi connectivity index (χ3n) is 3.94. The van der Waals surface area contributed by atoms with Crippen LogP contribution in [0.3, 0.4) is 0 Å². The SMILES string of the molecule is CCNCc1ccc(N2CCCC(CCO)C2)cc1. The van der Waals surface area contributed by atoms with Crippen LogP contribution in [-0.2, 0) is 6.54 Å². The van der Waals surface area contributed by atoms with E-state index in [2.05, 4.69) is 41.4 Å². The predicted octanol–water partition coefficient (Wildman–Crippen LogP) is 2.39. The van der Waals surface area contributed by atoms with Crippen molar-refractivity contribution >= 4 is 5.69 Å². The molecule has 1 aromatic rings. The summed E-state index contributed by atoms with van der Waals surface area (Å²) >= 11 is 0. The van der Waals surface area contributed by atoms with Crippen LogP contribution in [-0.4, -0.2) is 31.3 Å². The van der Waals surface area contributed by atoms with Gasteiger partial charge in [0.1, 0.15) is 0 Å². The topological polar surface area (TPSA) is 35.5 Å². The number of hydrogen-bond acceptors (Lipinski definition) is 3. The number of hydrogen-bond donors (Lipinski definition) is 2. The van der Waals surface area contributed by atoms with Crippen molar-refractivity contribution in [3.05, 3.63) is 29.8 Å². The third-order valence-corrected chi connectivity index (χ3v) is 3.94. The Morgan fingerprint density at radius 3 is 2.79 bits per heavy atom. The molecule has 1 fully saturated rings. The van der Waals surface area contributed by atoms with Crippen molar-refractivity contribution in [1.29, 1.82) is 0 Å². The van der Waals surface area contributed by atoms with Crippen LogP contribution in [0, 0.1) is 5.92 Å². The van der Waals surface area contributed by atoms with Gasteiger partial charge in [0.25, 0.3) is 0 Å². The summed E-state index contributed by atoms with van der Waals surface area (Å²) in [5.74, 6) is 0.653. The van der Waals surface area contributed by atoms with E-state index < -0.39 is 0 Å². The van der Waals surface area contributed by atoms with Crippen LogP contribution in [0.1, 0.15) is 31.7 Å². The summed E-state index contributed by atoms with van der Waals surface area (Å²) in [6.07, 6.45) is 3.44. The highest BCUT2D eigenvalue weighted by atomic mass is 16.3. The zero-order chi connectivity index (χ0) is 13.5. The van der Waals surface area contributed by atoms with E-state index in [0.717, 1.165) is 32.6 Å². The highest BCUT2D eigenvalue weighted by Gasteiger charge is 2.19. The molecule has 3 nitrogen and oxygen atoms in total. The zero-order valence-electron chi connectivity index (χ0n) is 11.9. The van der Waals surface area contributed by atoms with Crippen LogP contribution >= 0.6 is 0 Å². The first-order valence-corrected chi connectivity index (χ1v) is 7.49. The molecule has 1 saturated heterocycles. The van der Waals surface area contributed by atoms with Crippen molar-refractivity contribution < 1.29 is 5.11 Å². The van der Waals surface area contributed by atoms with E-state index in [1.807, 2.05) is 0 Å².